The number of halogens is 3. The maximum absolute atomic E-state index is 13.9. The minimum Gasteiger partial charge on any atom is -0.207 e. The van der Waals surface area contributed by atoms with E-state index in [9.17, 15) is 4.39 Å². The summed E-state index contributed by atoms with van der Waals surface area (Å²) in [6.45, 7) is 4.36. The Balaban J connectivity index is 2.22. The van der Waals surface area contributed by atoms with E-state index >= 15 is 0 Å². The van der Waals surface area contributed by atoms with E-state index in [-0.39, 0.29) is 5.82 Å². The molecular weight excluding hydrogens is 294 g/mol. The highest BCUT2D eigenvalue weighted by atomic mass is 35.5. The predicted octanol–water partition coefficient (Wildman–Crippen LogP) is 6.01. The number of benzene rings is 2. The van der Waals surface area contributed by atoms with Crippen molar-refractivity contribution in [2.45, 2.75) is 25.6 Å². The predicted molar refractivity (Wildman–Crippen MR) is 84.1 cm³/mol. The summed E-state index contributed by atoms with van der Waals surface area (Å²) in [4.78, 5) is 0. The van der Waals surface area contributed by atoms with Crippen molar-refractivity contribution in [1.82, 2.24) is 0 Å². The molecule has 1 unspecified atom stereocenters. The molecule has 0 N–H and O–H groups in total. The van der Waals surface area contributed by atoms with Crippen LogP contribution in [0.1, 0.15) is 35.9 Å². The summed E-state index contributed by atoms with van der Waals surface area (Å²) in [5.74, 6) is 0.241. The van der Waals surface area contributed by atoms with Gasteiger partial charge in [-0.05, 0) is 35.6 Å². The first-order chi connectivity index (χ1) is 9.47. The van der Waals surface area contributed by atoms with Crippen LogP contribution >= 0.6 is 23.2 Å². The molecule has 20 heavy (non-hydrogen) atoms. The van der Waals surface area contributed by atoms with Crippen molar-refractivity contribution >= 4 is 23.2 Å². The molecule has 0 heterocycles. The maximum atomic E-state index is 13.9. The van der Waals surface area contributed by atoms with Crippen LogP contribution in [0.15, 0.2) is 42.5 Å². The largest absolute Gasteiger partial charge is 0.207 e. The van der Waals surface area contributed by atoms with Crippen LogP contribution < -0.4 is 0 Å². The molecule has 0 aliphatic heterocycles. The van der Waals surface area contributed by atoms with Gasteiger partial charge in [-0.2, -0.15) is 0 Å². The third-order valence-electron chi connectivity index (χ3n) is 3.15. The van der Waals surface area contributed by atoms with Gasteiger partial charge in [0, 0.05) is 10.6 Å². The highest BCUT2D eigenvalue weighted by Gasteiger charge is 2.15. The van der Waals surface area contributed by atoms with Crippen molar-refractivity contribution in [1.29, 1.82) is 0 Å². The summed E-state index contributed by atoms with van der Waals surface area (Å²) in [7, 11) is 0. The molecule has 0 fully saturated rings. The van der Waals surface area contributed by atoms with Crippen LogP contribution in [0.25, 0.3) is 0 Å². The zero-order chi connectivity index (χ0) is 14.7. The zero-order valence-corrected chi connectivity index (χ0v) is 13.0. The standard InChI is InChI=1S/C17H17Cl2F/c1-11(2)9-12-3-5-13(6-4-12)17(19)15-8-7-14(18)10-16(15)20/h3-8,10-11,17H,9H2,1-2H3. The van der Waals surface area contributed by atoms with Crippen LogP contribution in [0.3, 0.4) is 0 Å². The van der Waals surface area contributed by atoms with Crippen molar-refractivity contribution in [3.05, 3.63) is 70.0 Å². The minimum atomic E-state index is -0.500. The molecule has 0 amide bonds. The molecule has 0 bridgehead atoms. The second-order valence-corrected chi connectivity index (χ2v) is 6.24. The fourth-order valence-corrected chi connectivity index (χ4v) is 2.66. The van der Waals surface area contributed by atoms with Gasteiger partial charge in [0.25, 0.3) is 0 Å². The fourth-order valence-electron chi connectivity index (χ4n) is 2.18. The zero-order valence-electron chi connectivity index (χ0n) is 11.5. The highest BCUT2D eigenvalue weighted by molar-refractivity contribution is 6.30. The van der Waals surface area contributed by atoms with Crippen LogP contribution in [-0.4, -0.2) is 0 Å². The lowest BCUT2D eigenvalue weighted by Gasteiger charge is -2.13. The lowest BCUT2D eigenvalue weighted by Crippen LogP contribution is -1.98. The summed E-state index contributed by atoms with van der Waals surface area (Å²) >= 11 is 12.1. The van der Waals surface area contributed by atoms with E-state index < -0.39 is 5.38 Å². The first-order valence-corrected chi connectivity index (χ1v) is 7.46. The number of alkyl halides is 1. The van der Waals surface area contributed by atoms with E-state index in [1.807, 2.05) is 12.1 Å². The monoisotopic (exact) mass is 310 g/mol. The van der Waals surface area contributed by atoms with Crippen molar-refractivity contribution in [2.24, 2.45) is 5.92 Å². The van der Waals surface area contributed by atoms with E-state index in [0.717, 1.165) is 12.0 Å². The van der Waals surface area contributed by atoms with Crippen molar-refractivity contribution in [3.63, 3.8) is 0 Å². The summed E-state index contributed by atoms with van der Waals surface area (Å²) in [6.07, 6.45) is 1.03. The SMILES string of the molecule is CC(C)Cc1ccc(C(Cl)c2ccc(Cl)cc2F)cc1. The van der Waals surface area contributed by atoms with Gasteiger partial charge in [-0.1, -0.05) is 55.8 Å². The number of rotatable bonds is 4. The minimum absolute atomic E-state index is 0.372. The highest BCUT2D eigenvalue weighted by Crippen LogP contribution is 2.32. The number of hydrogen-bond donors (Lipinski definition) is 0. The Kier molecular flexibility index (Phi) is 5.06. The Morgan fingerprint density at radius 3 is 2.25 bits per heavy atom. The Morgan fingerprint density at radius 1 is 1.05 bits per heavy atom. The molecule has 2 aromatic rings. The van der Waals surface area contributed by atoms with Gasteiger partial charge >= 0.3 is 0 Å². The van der Waals surface area contributed by atoms with E-state index in [1.165, 1.54) is 11.6 Å². The van der Waals surface area contributed by atoms with Crippen LogP contribution in [0.4, 0.5) is 4.39 Å². The van der Waals surface area contributed by atoms with Crippen molar-refractivity contribution < 1.29 is 4.39 Å². The van der Waals surface area contributed by atoms with Crippen LogP contribution in [0.2, 0.25) is 5.02 Å². The fraction of sp³-hybridized carbons (Fsp3) is 0.294. The average Bonchev–Trinajstić information content (AvgIpc) is 2.38. The molecule has 0 nitrogen and oxygen atoms in total. The summed E-state index contributed by atoms with van der Waals surface area (Å²) in [6, 6.07) is 12.6. The third-order valence-corrected chi connectivity index (χ3v) is 3.87. The molecule has 0 aliphatic carbocycles. The molecule has 2 aromatic carbocycles. The molecule has 0 spiro atoms. The van der Waals surface area contributed by atoms with Gasteiger partial charge in [-0.3, -0.25) is 0 Å². The molecule has 0 radical (unpaired) electrons. The van der Waals surface area contributed by atoms with Gasteiger partial charge in [-0.25, -0.2) is 4.39 Å². The van der Waals surface area contributed by atoms with E-state index in [4.69, 9.17) is 23.2 Å². The van der Waals surface area contributed by atoms with Crippen molar-refractivity contribution in [3.8, 4) is 0 Å². The van der Waals surface area contributed by atoms with E-state index in [0.29, 0.717) is 16.5 Å². The van der Waals surface area contributed by atoms with Gasteiger partial charge in [-0.15, -0.1) is 11.6 Å². The quantitative estimate of drug-likeness (QED) is 0.607. The topological polar surface area (TPSA) is 0 Å². The lowest BCUT2D eigenvalue weighted by molar-refractivity contribution is 0.612. The van der Waals surface area contributed by atoms with E-state index in [2.05, 4.69) is 26.0 Å². The van der Waals surface area contributed by atoms with Gasteiger partial charge in [0.15, 0.2) is 0 Å². The lowest BCUT2D eigenvalue weighted by atomic mass is 9.99. The Morgan fingerprint density at radius 2 is 1.70 bits per heavy atom. The molecule has 0 saturated heterocycles. The molecule has 0 aliphatic rings. The average molecular weight is 311 g/mol. The summed E-state index contributed by atoms with van der Waals surface area (Å²) in [5.41, 5.74) is 2.61. The summed E-state index contributed by atoms with van der Waals surface area (Å²) in [5, 5.41) is -0.122. The molecule has 2 rings (SSSR count). The molecule has 106 valence electrons. The third kappa shape index (κ3) is 3.74. The first-order valence-electron chi connectivity index (χ1n) is 6.65. The molecule has 0 aromatic heterocycles. The van der Waals surface area contributed by atoms with Crippen LogP contribution in [-0.2, 0) is 6.42 Å². The van der Waals surface area contributed by atoms with Gasteiger partial charge in [0.2, 0.25) is 0 Å². The number of hydrogen-bond acceptors (Lipinski definition) is 0. The molecule has 1 atom stereocenters. The first kappa shape index (κ1) is 15.3. The van der Waals surface area contributed by atoms with Gasteiger partial charge in [0.05, 0.1) is 5.38 Å². The molecular formula is C17H17Cl2F. The Labute approximate surface area is 129 Å². The second kappa shape index (κ2) is 6.60. The van der Waals surface area contributed by atoms with Gasteiger partial charge in [0.1, 0.15) is 5.82 Å². The molecule has 3 heteroatoms. The van der Waals surface area contributed by atoms with Crippen LogP contribution in [0.5, 0.6) is 0 Å². The smallest absolute Gasteiger partial charge is 0.129 e. The summed E-state index contributed by atoms with van der Waals surface area (Å²) < 4.78 is 13.9. The Hall–Kier alpha value is -1.05. The second-order valence-electron chi connectivity index (χ2n) is 5.37. The van der Waals surface area contributed by atoms with E-state index in [1.54, 1.807) is 12.1 Å². The van der Waals surface area contributed by atoms with Crippen molar-refractivity contribution in [2.75, 3.05) is 0 Å². The van der Waals surface area contributed by atoms with Gasteiger partial charge < -0.3 is 0 Å². The Bertz CT molecular complexity index is 576. The van der Waals surface area contributed by atoms with Crippen LogP contribution in [0, 0.1) is 11.7 Å². The molecule has 0 saturated carbocycles. The maximum Gasteiger partial charge on any atom is 0.129 e. The normalized spacial score (nSPS) is 12.7.